The van der Waals surface area contributed by atoms with E-state index in [0.717, 1.165) is 29.7 Å². The highest BCUT2D eigenvalue weighted by Crippen LogP contribution is 2.27. The molecule has 20 heavy (non-hydrogen) atoms. The van der Waals surface area contributed by atoms with Crippen LogP contribution in [0.5, 0.6) is 0 Å². The van der Waals surface area contributed by atoms with Crippen molar-refractivity contribution >= 4 is 22.5 Å². The Balaban J connectivity index is 0.000000704. The lowest BCUT2D eigenvalue weighted by molar-refractivity contribution is -0.115. The summed E-state index contributed by atoms with van der Waals surface area (Å²) < 4.78 is 7.42. The molecule has 1 aromatic heterocycles. The zero-order chi connectivity index (χ0) is 14.5. The van der Waals surface area contributed by atoms with E-state index in [4.69, 9.17) is 4.74 Å². The first-order valence-electron chi connectivity index (χ1n) is 7.27. The first kappa shape index (κ1) is 14.6. The number of hydrogen-bond donors (Lipinski definition) is 1. The van der Waals surface area contributed by atoms with Gasteiger partial charge in [-0.05, 0) is 6.07 Å². The van der Waals surface area contributed by atoms with Crippen molar-refractivity contribution in [2.75, 3.05) is 11.9 Å². The highest BCUT2D eigenvalue weighted by Gasteiger charge is 2.24. The summed E-state index contributed by atoms with van der Waals surface area (Å²) in [6, 6.07) is 8.10. The fraction of sp³-hybridized carbons (Fsp3) is 0.438. The van der Waals surface area contributed by atoms with Gasteiger partial charge in [0.15, 0.2) is 0 Å². The van der Waals surface area contributed by atoms with Crippen LogP contribution in [0.25, 0.3) is 10.9 Å². The van der Waals surface area contributed by atoms with Crippen molar-refractivity contribution in [2.24, 2.45) is 0 Å². The Bertz CT molecular complexity index is 585. The van der Waals surface area contributed by atoms with Gasteiger partial charge in [-0.25, -0.2) is 0 Å². The molecular weight excluding hydrogens is 252 g/mol. The SMILES string of the molecule is CC.CCC(=O)Nc1cn(CC2CO2)c2ccccc12. The Morgan fingerprint density at radius 2 is 2.10 bits per heavy atom. The van der Waals surface area contributed by atoms with Gasteiger partial charge in [-0.3, -0.25) is 4.79 Å². The summed E-state index contributed by atoms with van der Waals surface area (Å²) in [5.41, 5.74) is 2.03. The number of nitrogens with one attached hydrogen (secondary N) is 1. The summed E-state index contributed by atoms with van der Waals surface area (Å²) in [5, 5.41) is 4.03. The van der Waals surface area contributed by atoms with E-state index in [-0.39, 0.29) is 5.91 Å². The lowest BCUT2D eigenvalue weighted by atomic mass is 10.2. The minimum Gasteiger partial charge on any atom is -0.371 e. The van der Waals surface area contributed by atoms with Crippen LogP contribution in [-0.2, 0) is 16.1 Å². The monoisotopic (exact) mass is 274 g/mol. The van der Waals surface area contributed by atoms with Crippen LogP contribution < -0.4 is 5.32 Å². The molecule has 4 nitrogen and oxygen atoms in total. The van der Waals surface area contributed by atoms with E-state index >= 15 is 0 Å². The van der Waals surface area contributed by atoms with Crippen LogP contribution >= 0.6 is 0 Å². The van der Waals surface area contributed by atoms with Crippen LogP contribution in [-0.4, -0.2) is 23.2 Å². The maximum Gasteiger partial charge on any atom is 0.224 e. The Hall–Kier alpha value is -1.81. The molecule has 2 heterocycles. The zero-order valence-electron chi connectivity index (χ0n) is 12.3. The molecule has 1 atom stereocenters. The fourth-order valence-corrected chi connectivity index (χ4v) is 2.13. The molecule has 108 valence electrons. The number of nitrogens with zero attached hydrogens (tertiary/aromatic N) is 1. The molecule has 4 heteroatoms. The lowest BCUT2D eigenvalue weighted by Crippen LogP contribution is -2.09. The Morgan fingerprint density at radius 1 is 1.40 bits per heavy atom. The van der Waals surface area contributed by atoms with Crippen LogP contribution in [0.15, 0.2) is 30.5 Å². The van der Waals surface area contributed by atoms with E-state index < -0.39 is 0 Å². The molecule has 1 fully saturated rings. The van der Waals surface area contributed by atoms with Crippen molar-refractivity contribution in [3.05, 3.63) is 30.5 Å². The first-order chi connectivity index (χ1) is 9.78. The van der Waals surface area contributed by atoms with Gasteiger partial charge in [-0.2, -0.15) is 0 Å². The molecule has 1 aliphatic heterocycles. The third-order valence-corrected chi connectivity index (χ3v) is 3.19. The second-order valence-electron chi connectivity index (χ2n) is 4.57. The van der Waals surface area contributed by atoms with Crippen LogP contribution in [0.4, 0.5) is 5.69 Å². The smallest absolute Gasteiger partial charge is 0.224 e. The molecule has 0 spiro atoms. The number of epoxide rings is 1. The lowest BCUT2D eigenvalue weighted by Gasteiger charge is -2.00. The summed E-state index contributed by atoms with van der Waals surface area (Å²) >= 11 is 0. The predicted octanol–water partition coefficient (Wildman–Crippen LogP) is 3.41. The number of rotatable bonds is 4. The van der Waals surface area contributed by atoms with Gasteiger partial charge in [0.05, 0.1) is 30.5 Å². The van der Waals surface area contributed by atoms with Crippen molar-refractivity contribution in [3.63, 3.8) is 0 Å². The number of aromatic nitrogens is 1. The number of fused-ring (bicyclic) bond motifs is 1. The maximum absolute atomic E-state index is 11.5. The molecule has 1 unspecified atom stereocenters. The summed E-state index contributed by atoms with van der Waals surface area (Å²) in [6.45, 7) is 7.54. The standard InChI is InChI=1S/C14H16N2O2.C2H6/c1-2-14(17)15-12-8-16(7-10-9-18-10)13-6-4-3-5-11(12)13;1-2/h3-6,8,10H,2,7,9H2,1H3,(H,15,17);1-2H3. The highest BCUT2D eigenvalue weighted by molar-refractivity contribution is 6.01. The first-order valence-corrected chi connectivity index (χ1v) is 7.27. The second-order valence-corrected chi connectivity index (χ2v) is 4.57. The van der Waals surface area contributed by atoms with Gasteiger partial charge >= 0.3 is 0 Å². The number of carbonyl (C=O) groups is 1. The Labute approximate surface area is 119 Å². The van der Waals surface area contributed by atoms with Crippen molar-refractivity contribution in [1.82, 2.24) is 4.57 Å². The van der Waals surface area contributed by atoms with Crippen molar-refractivity contribution in [1.29, 1.82) is 0 Å². The molecule has 0 bridgehead atoms. The normalized spacial score (nSPS) is 16.4. The van der Waals surface area contributed by atoms with Gasteiger partial charge < -0.3 is 14.6 Å². The third kappa shape index (κ3) is 3.20. The quantitative estimate of drug-likeness (QED) is 0.868. The van der Waals surface area contributed by atoms with Crippen molar-refractivity contribution in [3.8, 4) is 0 Å². The predicted molar refractivity (Wildman–Crippen MR) is 81.9 cm³/mol. The zero-order valence-corrected chi connectivity index (χ0v) is 12.3. The molecule has 3 rings (SSSR count). The number of para-hydroxylation sites is 1. The average molecular weight is 274 g/mol. The molecule has 1 aromatic carbocycles. The number of amides is 1. The van der Waals surface area contributed by atoms with E-state index in [0.29, 0.717) is 12.5 Å². The number of ether oxygens (including phenoxy) is 1. The van der Waals surface area contributed by atoms with Crippen LogP contribution in [0.1, 0.15) is 27.2 Å². The molecule has 1 saturated heterocycles. The largest absolute Gasteiger partial charge is 0.371 e. The van der Waals surface area contributed by atoms with Crippen molar-refractivity contribution in [2.45, 2.75) is 39.8 Å². The van der Waals surface area contributed by atoms with Gasteiger partial charge in [-0.1, -0.05) is 39.0 Å². The Morgan fingerprint density at radius 3 is 2.75 bits per heavy atom. The van der Waals surface area contributed by atoms with Crippen LogP contribution in [0.3, 0.4) is 0 Å². The molecule has 1 N–H and O–H groups in total. The van der Waals surface area contributed by atoms with Crippen LogP contribution in [0, 0.1) is 0 Å². The fourth-order valence-electron chi connectivity index (χ4n) is 2.13. The topological polar surface area (TPSA) is 46.6 Å². The second kappa shape index (κ2) is 6.57. The minimum absolute atomic E-state index is 0.0422. The molecule has 0 saturated carbocycles. The third-order valence-electron chi connectivity index (χ3n) is 3.19. The molecule has 0 radical (unpaired) electrons. The van der Waals surface area contributed by atoms with Crippen molar-refractivity contribution < 1.29 is 9.53 Å². The maximum atomic E-state index is 11.5. The number of anilines is 1. The van der Waals surface area contributed by atoms with Gasteiger partial charge in [-0.15, -0.1) is 0 Å². The number of benzene rings is 1. The van der Waals surface area contributed by atoms with E-state index in [1.807, 2.05) is 45.2 Å². The number of hydrogen-bond acceptors (Lipinski definition) is 2. The molecule has 0 aliphatic carbocycles. The summed E-state index contributed by atoms with van der Waals surface area (Å²) in [7, 11) is 0. The molecule has 2 aromatic rings. The van der Waals surface area contributed by atoms with E-state index in [9.17, 15) is 4.79 Å². The van der Waals surface area contributed by atoms with Gasteiger partial charge in [0.1, 0.15) is 0 Å². The summed E-state index contributed by atoms with van der Waals surface area (Å²) in [5.74, 6) is 0.0422. The summed E-state index contributed by atoms with van der Waals surface area (Å²) in [4.78, 5) is 11.5. The van der Waals surface area contributed by atoms with Gasteiger partial charge in [0.2, 0.25) is 5.91 Å². The highest BCUT2D eigenvalue weighted by atomic mass is 16.6. The van der Waals surface area contributed by atoms with E-state index in [1.165, 1.54) is 0 Å². The summed E-state index contributed by atoms with van der Waals surface area (Å²) in [6.07, 6.45) is 2.82. The van der Waals surface area contributed by atoms with Gasteiger partial charge in [0, 0.05) is 18.0 Å². The Kier molecular flexibility index (Phi) is 4.79. The van der Waals surface area contributed by atoms with Crippen LogP contribution in [0.2, 0.25) is 0 Å². The minimum atomic E-state index is 0.0422. The van der Waals surface area contributed by atoms with E-state index in [1.54, 1.807) is 0 Å². The molecular formula is C16H22N2O2. The van der Waals surface area contributed by atoms with E-state index in [2.05, 4.69) is 16.0 Å². The molecule has 1 amide bonds. The number of carbonyl (C=O) groups excluding carboxylic acids is 1. The molecule has 1 aliphatic rings. The average Bonchev–Trinajstić information content (AvgIpc) is 3.25. The van der Waals surface area contributed by atoms with Gasteiger partial charge in [0.25, 0.3) is 0 Å².